The Labute approximate surface area is 115 Å². The molecule has 0 aliphatic carbocycles. The molecule has 0 amide bonds. The molecule has 0 aliphatic heterocycles. The van der Waals surface area contributed by atoms with Crippen LogP contribution in [-0.4, -0.2) is 12.1 Å². The lowest BCUT2D eigenvalue weighted by Gasteiger charge is -2.26. The zero-order valence-electron chi connectivity index (χ0n) is 11.1. The normalized spacial score (nSPS) is 10.8. The fourth-order valence-corrected chi connectivity index (χ4v) is 1.67. The molecule has 6 N–H and O–H groups in total. The Balaban J connectivity index is 0.00000289. The molecule has 18 heavy (non-hydrogen) atoms. The zero-order valence-corrected chi connectivity index (χ0v) is 11.9. The monoisotopic (exact) mass is 273 g/mol. The first-order valence-electron chi connectivity index (χ1n) is 6.07. The van der Waals surface area contributed by atoms with Crippen LogP contribution in [0.1, 0.15) is 33.1 Å². The van der Waals surface area contributed by atoms with Gasteiger partial charge in [-0.05, 0) is 37.5 Å². The Kier molecular flexibility index (Phi) is 6.88. The van der Waals surface area contributed by atoms with Crippen molar-refractivity contribution in [2.45, 2.75) is 38.6 Å². The number of hydrogen-bond acceptors (Lipinski definition) is 4. The van der Waals surface area contributed by atoms with Crippen molar-refractivity contribution in [1.82, 2.24) is 0 Å². The van der Waals surface area contributed by atoms with Crippen molar-refractivity contribution >= 4 is 23.8 Å². The minimum Gasteiger partial charge on any atom is -0.491 e. The molecular weight excluding hydrogens is 250 g/mol. The average molecular weight is 274 g/mol. The van der Waals surface area contributed by atoms with Gasteiger partial charge in [0.05, 0.1) is 12.3 Å². The summed E-state index contributed by atoms with van der Waals surface area (Å²) in [7, 11) is 0. The Bertz CT molecular complexity index is 367. The first kappa shape index (κ1) is 16.9. The standard InChI is InChI=1S/C13H23N3O.ClH/c1-3-13(16,4-2)7-8-17-12-6-5-10(14)9-11(12)15;/h5-6,9H,3-4,7-8,14-16H2,1-2H3;1H. The maximum atomic E-state index is 6.19. The van der Waals surface area contributed by atoms with Crippen LogP contribution in [0.4, 0.5) is 11.4 Å². The highest BCUT2D eigenvalue weighted by Gasteiger charge is 2.19. The van der Waals surface area contributed by atoms with Crippen LogP contribution in [0.2, 0.25) is 0 Å². The molecule has 0 atom stereocenters. The van der Waals surface area contributed by atoms with Gasteiger partial charge in [0, 0.05) is 11.2 Å². The van der Waals surface area contributed by atoms with E-state index >= 15 is 0 Å². The van der Waals surface area contributed by atoms with Gasteiger partial charge in [0.25, 0.3) is 0 Å². The molecule has 0 bridgehead atoms. The lowest BCUT2D eigenvalue weighted by molar-refractivity contribution is 0.248. The fraction of sp³-hybridized carbons (Fsp3) is 0.538. The molecular formula is C13H24ClN3O. The number of anilines is 2. The van der Waals surface area contributed by atoms with E-state index in [-0.39, 0.29) is 17.9 Å². The predicted octanol–water partition coefficient (Wildman–Crippen LogP) is 2.56. The molecule has 0 saturated carbocycles. The summed E-state index contributed by atoms with van der Waals surface area (Å²) in [5, 5.41) is 0. The van der Waals surface area contributed by atoms with E-state index in [1.807, 2.05) is 0 Å². The highest BCUT2D eigenvalue weighted by atomic mass is 35.5. The molecule has 5 heteroatoms. The number of ether oxygens (including phenoxy) is 1. The van der Waals surface area contributed by atoms with Gasteiger partial charge in [0.2, 0.25) is 0 Å². The van der Waals surface area contributed by atoms with Crippen molar-refractivity contribution in [1.29, 1.82) is 0 Å². The largest absolute Gasteiger partial charge is 0.491 e. The molecule has 0 aliphatic rings. The first-order valence-corrected chi connectivity index (χ1v) is 6.07. The van der Waals surface area contributed by atoms with E-state index in [1.54, 1.807) is 18.2 Å². The number of nitrogens with two attached hydrogens (primary N) is 3. The second kappa shape index (κ2) is 7.34. The van der Waals surface area contributed by atoms with Gasteiger partial charge in [-0.25, -0.2) is 0 Å². The summed E-state index contributed by atoms with van der Waals surface area (Å²) in [5.41, 5.74) is 18.7. The molecule has 1 aromatic rings. The summed E-state index contributed by atoms with van der Waals surface area (Å²) >= 11 is 0. The average Bonchev–Trinajstić information content (AvgIpc) is 2.32. The van der Waals surface area contributed by atoms with Crippen LogP contribution in [0.15, 0.2) is 18.2 Å². The predicted molar refractivity (Wildman–Crippen MR) is 80.1 cm³/mol. The van der Waals surface area contributed by atoms with Crippen LogP contribution in [0.25, 0.3) is 0 Å². The zero-order chi connectivity index (χ0) is 12.9. The van der Waals surface area contributed by atoms with Gasteiger partial charge >= 0.3 is 0 Å². The van der Waals surface area contributed by atoms with Crippen molar-refractivity contribution in [3.05, 3.63) is 18.2 Å². The maximum absolute atomic E-state index is 6.19. The lowest BCUT2D eigenvalue weighted by atomic mass is 9.91. The third-order valence-corrected chi connectivity index (χ3v) is 3.30. The molecule has 0 heterocycles. The molecule has 104 valence electrons. The third-order valence-electron chi connectivity index (χ3n) is 3.30. The molecule has 0 radical (unpaired) electrons. The molecule has 0 aromatic heterocycles. The van der Waals surface area contributed by atoms with Crippen molar-refractivity contribution < 1.29 is 4.74 Å². The number of benzene rings is 1. The topological polar surface area (TPSA) is 87.3 Å². The van der Waals surface area contributed by atoms with E-state index in [0.29, 0.717) is 23.7 Å². The molecule has 0 fully saturated rings. The summed E-state index contributed by atoms with van der Waals surface area (Å²) in [5.74, 6) is 0.675. The van der Waals surface area contributed by atoms with Crippen molar-refractivity contribution in [3.8, 4) is 5.75 Å². The molecule has 0 unspecified atom stereocenters. The van der Waals surface area contributed by atoms with Crippen LogP contribution in [0.3, 0.4) is 0 Å². The minimum absolute atomic E-state index is 0. The minimum atomic E-state index is -0.136. The molecule has 0 saturated heterocycles. The third kappa shape index (κ3) is 4.63. The number of nitrogen functional groups attached to an aromatic ring is 2. The Morgan fingerprint density at radius 3 is 2.28 bits per heavy atom. The van der Waals surface area contributed by atoms with E-state index < -0.39 is 0 Å². The quantitative estimate of drug-likeness (QED) is 0.695. The molecule has 1 rings (SSSR count). The van der Waals surface area contributed by atoms with Crippen molar-refractivity contribution in [3.63, 3.8) is 0 Å². The number of hydrogen-bond donors (Lipinski definition) is 3. The van der Waals surface area contributed by atoms with Crippen LogP contribution in [-0.2, 0) is 0 Å². The second-order valence-corrected chi connectivity index (χ2v) is 4.47. The van der Waals surface area contributed by atoms with Crippen LogP contribution in [0.5, 0.6) is 5.75 Å². The summed E-state index contributed by atoms with van der Waals surface area (Å²) in [4.78, 5) is 0. The highest BCUT2D eigenvalue weighted by molar-refractivity contribution is 5.85. The van der Waals surface area contributed by atoms with Gasteiger partial charge in [-0.1, -0.05) is 13.8 Å². The first-order chi connectivity index (χ1) is 8.00. The number of halogens is 1. The van der Waals surface area contributed by atoms with Crippen molar-refractivity contribution in [2.75, 3.05) is 18.1 Å². The SMILES string of the molecule is CCC(N)(CC)CCOc1ccc(N)cc1N.Cl. The van der Waals surface area contributed by atoms with Gasteiger partial charge in [-0.15, -0.1) is 12.4 Å². The molecule has 0 spiro atoms. The van der Waals surface area contributed by atoms with Gasteiger partial charge in [-0.3, -0.25) is 0 Å². The molecule has 4 nitrogen and oxygen atoms in total. The van der Waals surface area contributed by atoms with E-state index in [2.05, 4.69) is 13.8 Å². The molecule has 1 aromatic carbocycles. The van der Waals surface area contributed by atoms with E-state index in [0.717, 1.165) is 19.3 Å². The summed E-state index contributed by atoms with van der Waals surface area (Å²) in [6, 6.07) is 5.27. The van der Waals surface area contributed by atoms with E-state index in [9.17, 15) is 0 Å². The maximum Gasteiger partial charge on any atom is 0.142 e. The van der Waals surface area contributed by atoms with Crippen molar-refractivity contribution in [2.24, 2.45) is 5.73 Å². The highest BCUT2D eigenvalue weighted by Crippen LogP contribution is 2.24. The summed E-state index contributed by atoms with van der Waals surface area (Å²) < 4.78 is 5.63. The fourth-order valence-electron chi connectivity index (χ4n) is 1.67. The second-order valence-electron chi connectivity index (χ2n) is 4.47. The Hall–Kier alpha value is -1.13. The van der Waals surface area contributed by atoms with Crippen LogP contribution >= 0.6 is 12.4 Å². The van der Waals surface area contributed by atoms with Crippen LogP contribution in [0, 0.1) is 0 Å². The van der Waals surface area contributed by atoms with E-state index in [4.69, 9.17) is 21.9 Å². The van der Waals surface area contributed by atoms with Gasteiger partial charge in [0.1, 0.15) is 5.75 Å². The summed E-state index contributed by atoms with van der Waals surface area (Å²) in [6.45, 7) is 4.77. The van der Waals surface area contributed by atoms with Gasteiger partial charge in [-0.2, -0.15) is 0 Å². The van der Waals surface area contributed by atoms with Gasteiger partial charge < -0.3 is 21.9 Å². The van der Waals surface area contributed by atoms with Gasteiger partial charge in [0.15, 0.2) is 0 Å². The van der Waals surface area contributed by atoms with E-state index in [1.165, 1.54) is 0 Å². The summed E-state index contributed by atoms with van der Waals surface area (Å²) in [6.07, 6.45) is 2.72. The van der Waals surface area contributed by atoms with Crippen LogP contribution < -0.4 is 21.9 Å². The smallest absolute Gasteiger partial charge is 0.142 e. The lowest BCUT2D eigenvalue weighted by Crippen LogP contribution is -2.39. The Morgan fingerprint density at radius 1 is 1.17 bits per heavy atom. The Morgan fingerprint density at radius 2 is 1.78 bits per heavy atom. The number of rotatable bonds is 6.